The average Bonchev–Trinajstić information content (AvgIpc) is 3.15. The number of alkyl halides is 3. The SMILES string of the molecule is NS(=O)(=O)c1ccc(-n2nc(C(F)(F)F)cc2-c2ccc[nH]2)cc1. The number of aromatic amines is 1. The Bertz CT molecular complexity index is 959. The molecule has 2 heterocycles. The van der Waals surface area contributed by atoms with Gasteiger partial charge in [0, 0.05) is 6.20 Å². The highest BCUT2D eigenvalue weighted by atomic mass is 32.2. The second-order valence-corrected chi connectivity index (χ2v) is 6.51. The molecule has 0 amide bonds. The standard InChI is InChI=1S/C14H11F3N4O2S/c15-14(16,17)13-8-12(11-2-1-7-19-11)21(20-13)9-3-5-10(6-4-9)24(18,22)23/h1-8,19H,(H2,18,22,23). The molecule has 0 radical (unpaired) electrons. The molecule has 126 valence electrons. The van der Waals surface area contributed by atoms with Gasteiger partial charge in [0.2, 0.25) is 10.0 Å². The summed E-state index contributed by atoms with van der Waals surface area (Å²) in [5, 5.41) is 8.60. The van der Waals surface area contributed by atoms with Gasteiger partial charge in [-0.2, -0.15) is 18.3 Å². The maximum atomic E-state index is 13.0. The van der Waals surface area contributed by atoms with Gasteiger partial charge < -0.3 is 4.98 Å². The lowest BCUT2D eigenvalue weighted by Crippen LogP contribution is -2.12. The third-order valence-electron chi connectivity index (χ3n) is 3.28. The van der Waals surface area contributed by atoms with Crippen LogP contribution in [0.25, 0.3) is 17.1 Å². The van der Waals surface area contributed by atoms with Crippen LogP contribution in [-0.4, -0.2) is 23.2 Å². The van der Waals surface area contributed by atoms with E-state index in [-0.39, 0.29) is 16.3 Å². The summed E-state index contributed by atoms with van der Waals surface area (Å²) < 4.78 is 62.6. The van der Waals surface area contributed by atoms with Crippen molar-refractivity contribution < 1.29 is 21.6 Å². The Hall–Kier alpha value is -2.59. The molecule has 0 atom stereocenters. The minimum absolute atomic E-state index is 0.143. The van der Waals surface area contributed by atoms with Gasteiger partial charge in [-0.25, -0.2) is 18.2 Å². The van der Waals surface area contributed by atoms with Crippen molar-refractivity contribution in [2.24, 2.45) is 5.14 Å². The molecule has 0 fully saturated rings. The monoisotopic (exact) mass is 356 g/mol. The van der Waals surface area contributed by atoms with Crippen LogP contribution in [-0.2, 0) is 16.2 Å². The van der Waals surface area contributed by atoms with Gasteiger partial charge in [0.05, 0.1) is 22.0 Å². The highest BCUT2D eigenvalue weighted by Crippen LogP contribution is 2.32. The largest absolute Gasteiger partial charge is 0.435 e. The van der Waals surface area contributed by atoms with Crippen molar-refractivity contribution in [3.63, 3.8) is 0 Å². The van der Waals surface area contributed by atoms with Crippen molar-refractivity contribution in [3.8, 4) is 17.1 Å². The van der Waals surface area contributed by atoms with E-state index < -0.39 is 21.9 Å². The van der Waals surface area contributed by atoms with Crippen LogP contribution in [0, 0.1) is 0 Å². The van der Waals surface area contributed by atoms with E-state index in [1.807, 2.05) is 0 Å². The summed E-state index contributed by atoms with van der Waals surface area (Å²) in [5.41, 5.74) is -0.158. The second-order valence-electron chi connectivity index (χ2n) is 4.95. The molecule has 1 aromatic carbocycles. The Morgan fingerprint density at radius 1 is 1.12 bits per heavy atom. The van der Waals surface area contributed by atoms with Crippen molar-refractivity contribution in [1.82, 2.24) is 14.8 Å². The first kappa shape index (κ1) is 16.3. The molecule has 6 nitrogen and oxygen atoms in total. The van der Waals surface area contributed by atoms with Crippen molar-refractivity contribution in [1.29, 1.82) is 0 Å². The van der Waals surface area contributed by atoms with E-state index in [1.54, 1.807) is 18.3 Å². The van der Waals surface area contributed by atoms with E-state index in [4.69, 9.17) is 5.14 Å². The summed E-state index contributed by atoms with van der Waals surface area (Å²) in [7, 11) is -3.89. The first-order valence-electron chi connectivity index (χ1n) is 6.60. The number of nitrogens with two attached hydrogens (primary N) is 1. The molecule has 0 unspecified atom stereocenters. The lowest BCUT2D eigenvalue weighted by Gasteiger charge is -2.07. The number of hydrogen-bond acceptors (Lipinski definition) is 3. The zero-order valence-corrected chi connectivity index (χ0v) is 12.8. The van der Waals surface area contributed by atoms with Gasteiger partial charge in [0.25, 0.3) is 0 Å². The molecule has 0 bridgehead atoms. The first-order chi connectivity index (χ1) is 11.2. The van der Waals surface area contributed by atoms with Crippen LogP contribution < -0.4 is 5.14 Å². The number of halogens is 3. The van der Waals surface area contributed by atoms with Gasteiger partial charge in [0.1, 0.15) is 0 Å². The van der Waals surface area contributed by atoms with Gasteiger partial charge in [-0.1, -0.05) is 0 Å². The van der Waals surface area contributed by atoms with Crippen LogP contribution in [0.15, 0.2) is 53.6 Å². The van der Waals surface area contributed by atoms with E-state index in [1.165, 1.54) is 24.3 Å². The third kappa shape index (κ3) is 3.05. The molecule has 10 heteroatoms. The summed E-state index contributed by atoms with van der Waals surface area (Å²) in [4.78, 5) is 2.68. The summed E-state index contributed by atoms with van der Waals surface area (Å²) >= 11 is 0. The first-order valence-corrected chi connectivity index (χ1v) is 8.15. The molecule has 3 rings (SSSR count). The topological polar surface area (TPSA) is 93.8 Å². The number of sulfonamides is 1. The van der Waals surface area contributed by atoms with Gasteiger partial charge in [0.15, 0.2) is 5.69 Å². The predicted octanol–water partition coefficient (Wildman–Crippen LogP) is 2.53. The number of aromatic nitrogens is 3. The Morgan fingerprint density at radius 2 is 1.79 bits per heavy atom. The van der Waals surface area contributed by atoms with E-state index in [0.29, 0.717) is 5.69 Å². The van der Waals surface area contributed by atoms with Crippen LogP contribution in [0.1, 0.15) is 5.69 Å². The van der Waals surface area contributed by atoms with E-state index in [0.717, 1.165) is 10.7 Å². The molecular weight excluding hydrogens is 345 g/mol. The Labute approximate surface area is 134 Å². The molecule has 0 aliphatic carbocycles. The van der Waals surface area contributed by atoms with Gasteiger partial charge >= 0.3 is 6.18 Å². The lowest BCUT2D eigenvalue weighted by atomic mass is 10.2. The fourth-order valence-corrected chi connectivity index (χ4v) is 2.69. The molecule has 2 aromatic heterocycles. The molecule has 3 N–H and O–H groups in total. The normalized spacial score (nSPS) is 12.5. The predicted molar refractivity (Wildman–Crippen MR) is 79.7 cm³/mol. The molecule has 0 spiro atoms. The van der Waals surface area contributed by atoms with Gasteiger partial charge in [-0.05, 0) is 42.5 Å². The van der Waals surface area contributed by atoms with Crippen LogP contribution >= 0.6 is 0 Å². The van der Waals surface area contributed by atoms with Crippen molar-refractivity contribution in [2.75, 3.05) is 0 Å². The smallest absolute Gasteiger partial charge is 0.360 e. The van der Waals surface area contributed by atoms with Gasteiger partial charge in [-0.15, -0.1) is 0 Å². The number of rotatable bonds is 3. The molecule has 3 aromatic rings. The fraction of sp³-hybridized carbons (Fsp3) is 0.0714. The van der Waals surface area contributed by atoms with E-state index in [2.05, 4.69) is 10.1 Å². The Balaban J connectivity index is 2.14. The van der Waals surface area contributed by atoms with Crippen molar-refractivity contribution in [2.45, 2.75) is 11.1 Å². The van der Waals surface area contributed by atoms with Crippen LogP contribution in [0.3, 0.4) is 0 Å². The average molecular weight is 356 g/mol. The molecule has 0 saturated heterocycles. The number of primary sulfonamides is 1. The minimum atomic E-state index is -4.60. The number of H-pyrrole nitrogens is 1. The van der Waals surface area contributed by atoms with E-state index >= 15 is 0 Å². The summed E-state index contributed by atoms with van der Waals surface area (Å²) in [6, 6.07) is 9.24. The molecule has 24 heavy (non-hydrogen) atoms. The lowest BCUT2D eigenvalue weighted by molar-refractivity contribution is -0.141. The van der Waals surface area contributed by atoms with E-state index in [9.17, 15) is 21.6 Å². The Morgan fingerprint density at radius 3 is 2.29 bits per heavy atom. The molecule has 0 saturated carbocycles. The van der Waals surface area contributed by atoms with Crippen molar-refractivity contribution >= 4 is 10.0 Å². The van der Waals surface area contributed by atoms with Gasteiger partial charge in [-0.3, -0.25) is 0 Å². The summed E-state index contributed by atoms with van der Waals surface area (Å²) in [6.07, 6.45) is -3.03. The maximum absolute atomic E-state index is 13.0. The van der Waals surface area contributed by atoms with Crippen LogP contribution in [0.4, 0.5) is 13.2 Å². The van der Waals surface area contributed by atoms with Crippen LogP contribution in [0.2, 0.25) is 0 Å². The number of benzene rings is 1. The summed E-state index contributed by atoms with van der Waals surface area (Å²) in [6.45, 7) is 0. The fourth-order valence-electron chi connectivity index (χ4n) is 2.17. The zero-order chi connectivity index (χ0) is 17.5. The maximum Gasteiger partial charge on any atom is 0.435 e. The zero-order valence-electron chi connectivity index (χ0n) is 11.9. The minimum Gasteiger partial charge on any atom is -0.360 e. The van der Waals surface area contributed by atoms with Crippen molar-refractivity contribution in [3.05, 3.63) is 54.4 Å². The number of nitrogens with one attached hydrogen (secondary N) is 1. The third-order valence-corrected chi connectivity index (χ3v) is 4.21. The second kappa shape index (κ2) is 5.49. The molecule has 0 aliphatic heterocycles. The highest BCUT2D eigenvalue weighted by Gasteiger charge is 2.35. The number of hydrogen-bond donors (Lipinski definition) is 2. The van der Waals surface area contributed by atoms with Crippen LogP contribution in [0.5, 0.6) is 0 Å². The molecule has 0 aliphatic rings. The quantitative estimate of drug-likeness (QED) is 0.755. The Kier molecular flexibility index (Phi) is 3.73. The number of nitrogens with zero attached hydrogens (tertiary/aromatic N) is 2. The summed E-state index contributed by atoms with van der Waals surface area (Å²) in [5.74, 6) is 0. The molecular formula is C14H11F3N4O2S. The highest BCUT2D eigenvalue weighted by molar-refractivity contribution is 7.89.